The number of carbonyl (C=O) groups excluding carboxylic acids is 2. The van der Waals surface area contributed by atoms with Gasteiger partial charge in [-0.3, -0.25) is 14.6 Å². The lowest BCUT2D eigenvalue weighted by atomic mass is 9.76. The van der Waals surface area contributed by atoms with Crippen molar-refractivity contribution in [3.63, 3.8) is 0 Å². The Kier molecular flexibility index (Phi) is 6.20. The summed E-state index contributed by atoms with van der Waals surface area (Å²) in [6.07, 6.45) is 6.52. The van der Waals surface area contributed by atoms with Crippen molar-refractivity contribution in [1.82, 2.24) is 20.5 Å². The van der Waals surface area contributed by atoms with Gasteiger partial charge in [0.2, 0.25) is 11.8 Å². The number of hydrogen-bond donors (Lipinski definition) is 2. The largest absolute Gasteiger partial charge is 0.352 e. The highest BCUT2D eigenvalue weighted by molar-refractivity contribution is 5.95. The van der Waals surface area contributed by atoms with E-state index in [1.165, 1.54) is 6.20 Å². The summed E-state index contributed by atoms with van der Waals surface area (Å²) < 4.78 is 0. The second-order valence-electron chi connectivity index (χ2n) is 7.10. The van der Waals surface area contributed by atoms with Crippen molar-refractivity contribution >= 4 is 11.8 Å². The monoisotopic (exact) mass is 367 g/mol. The molecule has 3 heterocycles. The van der Waals surface area contributed by atoms with Gasteiger partial charge in [0.25, 0.3) is 0 Å². The number of rotatable bonds is 6. The van der Waals surface area contributed by atoms with E-state index in [-0.39, 0.29) is 11.8 Å². The molecule has 2 amide bonds. The first kappa shape index (κ1) is 19.1. The zero-order valence-electron chi connectivity index (χ0n) is 15.4. The third-order valence-corrected chi connectivity index (χ3v) is 5.34. The average Bonchev–Trinajstić information content (AvgIpc) is 2.73. The molecule has 1 aromatic heterocycles. The van der Waals surface area contributed by atoms with Crippen LogP contribution in [0.2, 0.25) is 0 Å². The Hall–Kier alpha value is -2.72. The van der Waals surface area contributed by atoms with Crippen LogP contribution >= 0.6 is 0 Å². The van der Waals surface area contributed by atoms with Gasteiger partial charge >= 0.3 is 0 Å². The number of likely N-dealkylation sites (tertiary alicyclic amines) is 1. The zero-order chi connectivity index (χ0) is 19.1. The summed E-state index contributed by atoms with van der Waals surface area (Å²) in [5, 5.41) is 15.2. The fraction of sp³-hybridized carbons (Fsp3) is 0.500. The number of pyridine rings is 1. The SMILES string of the molecule is N#CC1(c2ccccn2)CCN(CCCNC(=O)C2=CNC(=O)CC2)CC1. The number of hydrogen-bond acceptors (Lipinski definition) is 5. The molecule has 0 unspecified atom stereocenters. The lowest BCUT2D eigenvalue weighted by Gasteiger charge is -2.36. The first-order valence-corrected chi connectivity index (χ1v) is 9.45. The van der Waals surface area contributed by atoms with Gasteiger partial charge in [0.05, 0.1) is 11.8 Å². The minimum Gasteiger partial charge on any atom is -0.352 e. The molecule has 1 saturated heterocycles. The van der Waals surface area contributed by atoms with E-state index >= 15 is 0 Å². The fourth-order valence-electron chi connectivity index (χ4n) is 3.59. The molecule has 2 aliphatic heterocycles. The Morgan fingerprint density at radius 2 is 2.15 bits per heavy atom. The normalized spacial score (nSPS) is 19.5. The first-order valence-electron chi connectivity index (χ1n) is 9.45. The van der Waals surface area contributed by atoms with Crippen molar-refractivity contribution < 1.29 is 9.59 Å². The molecule has 7 heteroatoms. The van der Waals surface area contributed by atoms with Crippen LogP contribution in [0.25, 0.3) is 0 Å². The molecule has 2 aliphatic rings. The van der Waals surface area contributed by atoms with Crippen molar-refractivity contribution in [2.24, 2.45) is 0 Å². The van der Waals surface area contributed by atoms with Gasteiger partial charge in [-0.25, -0.2) is 0 Å². The molecule has 27 heavy (non-hydrogen) atoms. The summed E-state index contributed by atoms with van der Waals surface area (Å²) in [6.45, 7) is 3.20. The molecular formula is C20H25N5O2. The Morgan fingerprint density at radius 1 is 1.33 bits per heavy atom. The van der Waals surface area contributed by atoms with Crippen LogP contribution in [0.5, 0.6) is 0 Å². The number of nitrogens with one attached hydrogen (secondary N) is 2. The second-order valence-corrected chi connectivity index (χ2v) is 7.10. The van der Waals surface area contributed by atoms with Crippen LogP contribution in [0.1, 0.15) is 37.8 Å². The summed E-state index contributed by atoms with van der Waals surface area (Å²) in [7, 11) is 0. The minimum absolute atomic E-state index is 0.0456. The fourth-order valence-corrected chi connectivity index (χ4v) is 3.59. The predicted octanol–water partition coefficient (Wildman–Crippen LogP) is 1.24. The highest BCUT2D eigenvalue weighted by Crippen LogP contribution is 2.33. The summed E-state index contributed by atoms with van der Waals surface area (Å²) in [5.74, 6) is -0.150. The van der Waals surface area contributed by atoms with Crippen molar-refractivity contribution in [2.45, 2.75) is 37.5 Å². The lowest BCUT2D eigenvalue weighted by molar-refractivity contribution is -0.121. The first-order chi connectivity index (χ1) is 13.1. The summed E-state index contributed by atoms with van der Waals surface area (Å²) in [6, 6.07) is 8.24. The quantitative estimate of drug-likeness (QED) is 0.737. The van der Waals surface area contributed by atoms with Crippen LogP contribution in [-0.2, 0) is 15.0 Å². The number of aromatic nitrogens is 1. The maximum atomic E-state index is 12.0. The Bertz CT molecular complexity index is 745. The molecule has 7 nitrogen and oxygen atoms in total. The third-order valence-electron chi connectivity index (χ3n) is 5.34. The summed E-state index contributed by atoms with van der Waals surface area (Å²) >= 11 is 0. The predicted molar refractivity (Wildman–Crippen MR) is 100 cm³/mol. The molecule has 0 atom stereocenters. The van der Waals surface area contributed by atoms with Gasteiger partial charge in [0.15, 0.2) is 0 Å². The average molecular weight is 367 g/mol. The van der Waals surface area contributed by atoms with Crippen molar-refractivity contribution in [3.8, 4) is 6.07 Å². The second kappa shape index (κ2) is 8.78. The molecule has 2 N–H and O–H groups in total. The van der Waals surface area contributed by atoms with Gasteiger partial charge in [-0.1, -0.05) is 6.07 Å². The molecular weight excluding hydrogens is 342 g/mol. The van der Waals surface area contributed by atoms with Crippen molar-refractivity contribution in [3.05, 3.63) is 41.9 Å². The Morgan fingerprint density at radius 3 is 2.78 bits per heavy atom. The van der Waals surface area contributed by atoms with E-state index in [1.54, 1.807) is 6.20 Å². The topological polar surface area (TPSA) is 98.1 Å². The molecule has 0 bridgehead atoms. The Labute approximate surface area is 159 Å². The van der Waals surface area contributed by atoms with Crippen LogP contribution in [0.3, 0.4) is 0 Å². The van der Waals surface area contributed by atoms with Gasteiger partial charge in [0, 0.05) is 44.0 Å². The lowest BCUT2D eigenvalue weighted by Crippen LogP contribution is -2.43. The standard InChI is InChI=1S/C20H25N5O2/c21-15-20(17-4-1-2-9-22-17)7-12-25(13-8-20)11-3-10-23-19(27)16-5-6-18(26)24-14-16/h1-2,4,9,14H,3,5-8,10-13H2,(H,23,27)(H,24,26). The molecule has 0 radical (unpaired) electrons. The maximum absolute atomic E-state index is 12.0. The van der Waals surface area contributed by atoms with Crippen LogP contribution < -0.4 is 10.6 Å². The molecule has 0 aromatic carbocycles. The number of amides is 2. The van der Waals surface area contributed by atoms with Crippen LogP contribution in [0.15, 0.2) is 36.2 Å². The molecule has 1 fully saturated rings. The third kappa shape index (κ3) is 4.72. The molecule has 1 aromatic rings. The number of carbonyl (C=O) groups is 2. The summed E-state index contributed by atoms with van der Waals surface area (Å²) in [5.41, 5.74) is 1.01. The zero-order valence-corrected chi connectivity index (χ0v) is 15.4. The van der Waals surface area contributed by atoms with Crippen molar-refractivity contribution in [1.29, 1.82) is 5.26 Å². The smallest absolute Gasteiger partial charge is 0.248 e. The number of piperidine rings is 1. The highest BCUT2D eigenvalue weighted by Gasteiger charge is 2.37. The maximum Gasteiger partial charge on any atom is 0.248 e. The summed E-state index contributed by atoms with van der Waals surface area (Å²) in [4.78, 5) is 29.9. The molecule has 0 aliphatic carbocycles. The van der Waals surface area contributed by atoms with E-state index in [0.29, 0.717) is 25.0 Å². The number of nitriles is 1. The molecule has 3 rings (SSSR count). The van der Waals surface area contributed by atoms with E-state index in [2.05, 4.69) is 26.6 Å². The van der Waals surface area contributed by atoms with Crippen molar-refractivity contribution in [2.75, 3.05) is 26.2 Å². The number of nitrogens with zero attached hydrogens (tertiary/aromatic N) is 3. The minimum atomic E-state index is -0.482. The van der Waals surface area contributed by atoms with Gasteiger partial charge in [0.1, 0.15) is 5.41 Å². The van der Waals surface area contributed by atoms with Crippen LogP contribution in [-0.4, -0.2) is 47.9 Å². The molecule has 0 saturated carbocycles. The highest BCUT2D eigenvalue weighted by atomic mass is 16.2. The van der Waals surface area contributed by atoms with Crippen LogP contribution in [0.4, 0.5) is 0 Å². The Balaban J connectivity index is 1.39. The van der Waals surface area contributed by atoms with E-state index in [9.17, 15) is 14.9 Å². The molecule has 0 spiro atoms. The van der Waals surface area contributed by atoms with E-state index in [1.807, 2.05) is 18.2 Å². The van der Waals surface area contributed by atoms with Gasteiger partial charge in [-0.05, 0) is 44.4 Å². The van der Waals surface area contributed by atoms with Gasteiger partial charge < -0.3 is 15.5 Å². The van der Waals surface area contributed by atoms with E-state index in [4.69, 9.17) is 0 Å². The van der Waals surface area contributed by atoms with Crippen LogP contribution in [0, 0.1) is 11.3 Å². The van der Waals surface area contributed by atoms with E-state index < -0.39 is 5.41 Å². The molecule has 142 valence electrons. The van der Waals surface area contributed by atoms with Gasteiger partial charge in [-0.15, -0.1) is 0 Å². The van der Waals surface area contributed by atoms with E-state index in [0.717, 1.165) is 44.6 Å². The van der Waals surface area contributed by atoms with Gasteiger partial charge in [-0.2, -0.15) is 5.26 Å².